The molecule has 13 heavy (non-hydrogen) atoms. The van der Waals surface area contributed by atoms with Crippen LogP contribution in [0.2, 0.25) is 0 Å². The fraction of sp³-hybridized carbons (Fsp3) is 1.00. The Hall–Kier alpha value is 0.460. The van der Waals surface area contributed by atoms with Gasteiger partial charge in [-0.2, -0.15) is 0 Å². The Morgan fingerprint density at radius 3 is 2.69 bits per heavy atom. The van der Waals surface area contributed by atoms with Crippen molar-refractivity contribution in [2.45, 2.75) is 25.8 Å². The van der Waals surface area contributed by atoms with Crippen LogP contribution in [-0.2, 0) is 0 Å². The molecule has 1 saturated heterocycles. The van der Waals surface area contributed by atoms with Crippen molar-refractivity contribution in [3.8, 4) is 0 Å². The molecule has 1 atom stereocenters. The first-order valence-corrected chi connectivity index (χ1v) is 4.44. The number of halogens is 2. The third-order valence-corrected chi connectivity index (χ3v) is 2.35. The molecule has 3 nitrogen and oxygen atoms in total. The van der Waals surface area contributed by atoms with E-state index in [1.807, 2.05) is 0 Å². The summed E-state index contributed by atoms with van der Waals surface area (Å²) >= 11 is 0. The van der Waals surface area contributed by atoms with Gasteiger partial charge in [-0.15, -0.1) is 24.8 Å². The third-order valence-electron chi connectivity index (χ3n) is 2.35. The second kappa shape index (κ2) is 9.03. The Morgan fingerprint density at radius 1 is 1.46 bits per heavy atom. The Kier molecular flexibility index (Phi) is 11.1. The summed E-state index contributed by atoms with van der Waals surface area (Å²) in [6, 6.07) is 0.530. The minimum Gasteiger partial charge on any atom is -0.381 e. The van der Waals surface area contributed by atoms with Gasteiger partial charge in [0, 0.05) is 19.1 Å². The summed E-state index contributed by atoms with van der Waals surface area (Å²) in [6.45, 7) is 5.52. The van der Waals surface area contributed by atoms with Crippen molar-refractivity contribution >= 4 is 24.8 Å². The molecule has 5 heteroatoms. The first kappa shape index (κ1) is 15.9. The maximum atomic E-state index is 9.02. The van der Waals surface area contributed by atoms with Crippen molar-refractivity contribution in [3.63, 3.8) is 0 Å². The van der Waals surface area contributed by atoms with Gasteiger partial charge in [-0.3, -0.25) is 4.90 Å². The van der Waals surface area contributed by atoms with Crippen LogP contribution >= 0.6 is 24.8 Å². The Bertz CT molecular complexity index is 104. The third kappa shape index (κ3) is 5.03. The Balaban J connectivity index is 0. The molecule has 0 saturated carbocycles. The second-order valence-corrected chi connectivity index (χ2v) is 3.07. The summed E-state index contributed by atoms with van der Waals surface area (Å²) in [4.78, 5) is 2.14. The summed E-state index contributed by atoms with van der Waals surface area (Å²) < 4.78 is 0. The van der Waals surface area contributed by atoms with E-state index in [4.69, 9.17) is 5.11 Å². The molecule has 0 aliphatic carbocycles. The van der Waals surface area contributed by atoms with Gasteiger partial charge in [0.2, 0.25) is 0 Å². The molecule has 1 rings (SSSR count). The second-order valence-electron chi connectivity index (χ2n) is 3.07. The first-order valence-electron chi connectivity index (χ1n) is 4.44. The fourth-order valence-corrected chi connectivity index (χ4v) is 1.58. The maximum absolute atomic E-state index is 9.02. The van der Waals surface area contributed by atoms with Crippen LogP contribution in [0.15, 0.2) is 0 Å². The lowest BCUT2D eigenvalue weighted by atomic mass is 10.2. The van der Waals surface area contributed by atoms with Crippen molar-refractivity contribution in [1.82, 2.24) is 10.2 Å². The van der Waals surface area contributed by atoms with E-state index >= 15 is 0 Å². The molecule has 0 aromatic heterocycles. The molecule has 0 bridgehead atoms. The molecule has 82 valence electrons. The molecule has 0 aromatic carbocycles. The van der Waals surface area contributed by atoms with Gasteiger partial charge >= 0.3 is 0 Å². The highest BCUT2D eigenvalue weighted by molar-refractivity contribution is 5.85. The molecule has 0 radical (unpaired) electrons. The maximum Gasteiger partial charge on any atom is 0.0959 e. The zero-order chi connectivity index (χ0) is 8.10. The molecule has 1 aliphatic rings. The predicted molar refractivity (Wildman–Crippen MR) is 59.9 cm³/mol. The zero-order valence-electron chi connectivity index (χ0n) is 8.03. The molecular formula is C8H20Cl2N2O. The highest BCUT2D eigenvalue weighted by atomic mass is 35.5. The lowest BCUT2D eigenvalue weighted by molar-refractivity contribution is 0.0728. The molecular weight excluding hydrogens is 211 g/mol. The van der Waals surface area contributed by atoms with Gasteiger partial charge in [0.25, 0.3) is 0 Å². The van der Waals surface area contributed by atoms with E-state index < -0.39 is 0 Å². The summed E-state index contributed by atoms with van der Waals surface area (Å²) in [5.74, 6) is 0. The number of aliphatic hydroxyl groups excluding tert-OH is 1. The molecule has 1 fully saturated rings. The quantitative estimate of drug-likeness (QED) is 0.739. The monoisotopic (exact) mass is 230 g/mol. The van der Waals surface area contributed by atoms with Crippen LogP contribution in [0.4, 0.5) is 0 Å². The lowest BCUT2D eigenvalue weighted by Crippen LogP contribution is -2.39. The van der Waals surface area contributed by atoms with E-state index in [9.17, 15) is 0 Å². The Morgan fingerprint density at radius 2 is 2.15 bits per heavy atom. The highest BCUT2D eigenvalue weighted by Crippen LogP contribution is 2.05. The van der Waals surface area contributed by atoms with Crippen LogP contribution < -0.4 is 5.32 Å². The van der Waals surface area contributed by atoms with Crippen molar-refractivity contribution in [2.24, 2.45) is 0 Å². The van der Waals surface area contributed by atoms with Gasteiger partial charge in [-0.1, -0.05) is 6.92 Å². The van der Waals surface area contributed by atoms with Gasteiger partial charge in [0.05, 0.1) is 6.73 Å². The first-order chi connectivity index (χ1) is 5.38. The van der Waals surface area contributed by atoms with Gasteiger partial charge < -0.3 is 10.4 Å². The highest BCUT2D eigenvalue weighted by Gasteiger charge is 2.17. The van der Waals surface area contributed by atoms with Crippen molar-refractivity contribution in [3.05, 3.63) is 0 Å². The summed E-state index contributed by atoms with van der Waals surface area (Å²) in [7, 11) is 0. The number of nitrogens with one attached hydrogen (secondary N) is 1. The van der Waals surface area contributed by atoms with E-state index in [1.165, 1.54) is 0 Å². The zero-order valence-corrected chi connectivity index (χ0v) is 9.66. The Labute approximate surface area is 92.7 Å². The summed E-state index contributed by atoms with van der Waals surface area (Å²) in [5, 5.41) is 12.4. The number of hydrogen-bond acceptors (Lipinski definition) is 3. The molecule has 1 unspecified atom stereocenters. The number of aliphatic hydroxyl groups is 1. The average molecular weight is 231 g/mol. The van der Waals surface area contributed by atoms with Crippen molar-refractivity contribution in [2.75, 3.05) is 26.4 Å². The molecule has 0 spiro atoms. The number of rotatable bonds is 2. The van der Waals surface area contributed by atoms with Gasteiger partial charge in [-0.25, -0.2) is 0 Å². The van der Waals surface area contributed by atoms with Crippen LogP contribution in [0.1, 0.15) is 19.8 Å². The van der Waals surface area contributed by atoms with Crippen LogP contribution in [0, 0.1) is 0 Å². The summed E-state index contributed by atoms with van der Waals surface area (Å²) in [6.07, 6.45) is 2.27. The molecule has 0 aromatic rings. The van der Waals surface area contributed by atoms with E-state index in [0.29, 0.717) is 6.04 Å². The molecule has 0 amide bonds. The van der Waals surface area contributed by atoms with Gasteiger partial charge in [-0.05, 0) is 19.4 Å². The molecule has 1 aliphatic heterocycles. The SMILES string of the molecule is CCC1CNCCCN1CO.Cl.Cl. The van der Waals surface area contributed by atoms with Crippen LogP contribution in [0.25, 0.3) is 0 Å². The average Bonchev–Trinajstić information content (AvgIpc) is 2.27. The van der Waals surface area contributed by atoms with Crippen LogP contribution in [0.3, 0.4) is 0 Å². The van der Waals surface area contributed by atoms with E-state index in [-0.39, 0.29) is 31.5 Å². The number of nitrogens with zero attached hydrogens (tertiary/aromatic N) is 1. The largest absolute Gasteiger partial charge is 0.381 e. The predicted octanol–water partition coefficient (Wildman–Crippen LogP) is 0.854. The van der Waals surface area contributed by atoms with Gasteiger partial charge in [0.15, 0.2) is 0 Å². The summed E-state index contributed by atoms with van der Waals surface area (Å²) in [5.41, 5.74) is 0. The normalized spacial score (nSPS) is 24.0. The fourth-order valence-electron chi connectivity index (χ4n) is 1.58. The van der Waals surface area contributed by atoms with E-state index in [0.717, 1.165) is 32.5 Å². The standard InChI is InChI=1S/C8H18N2O.2ClH/c1-2-8-6-9-4-3-5-10(8)7-11;;/h8-9,11H,2-7H2,1H3;2*1H. The molecule has 2 N–H and O–H groups in total. The van der Waals surface area contributed by atoms with E-state index in [1.54, 1.807) is 0 Å². The molecule has 1 heterocycles. The smallest absolute Gasteiger partial charge is 0.0959 e. The minimum atomic E-state index is 0. The van der Waals surface area contributed by atoms with Crippen molar-refractivity contribution < 1.29 is 5.11 Å². The van der Waals surface area contributed by atoms with Crippen molar-refractivity contribution in [1.29, 1.82) is 0 Å². The lowest BCUT2D eigenvalue weighted by Gasteiger charge is -2.25. The van der Waals surface area contributed by atoms with Crippen LogP contribution in [0.5, 0.6) is 0 Å². The van der Waals surface area contributed by atoms with Crippen LogP contribution in [-0.4, -0.2) is 42.4 Å². The topological polar surface area (TPSA) is 35.5 Å². The van der Waals surface area contributed by atoms with E-state index in [2.05, 4.69) is 17.1 Å². The number of hydrogen-bond donors (Lipinski definition) is 2. The van der Waals surface area contributed by atoms with Gasteiger partial charge in [0.1, 0.15) is 0 Å². The minimum absolute atomic E-state index is 0.